The van der Waals surface area contributed by atoms with Gasteiger partial charge in [-0.3, -0.25) is 0 Å². The van der Waals surface area contributed by atoms with E-state index in [0.29, 0.717) is 21.7 Å². The lowest BCUT2D eigenvalue weighted by atomic mass is 10.2. The normalized spacial score (nSPS) is 10.7. The molecule has 1 aromatic heterocycles. The molecule has 21 heavy (non-hydrogen) atoms. The minimum absolute atomic E-state index is 0.539. The molecule has 0 aliphatic rings. The van der Waals surface area contributed by atoms with Gasteiger partial charge in [0.2, 0.25) is 5.88 Å². The molecule has 0 saturated carbocycles. The molecule has 1 N–H and O–H groups in total. The first-order chi connectivity index (χ1) is 10.1. The van der Waals surface area contributed by atoms with E-state index in [-0.39, 0.29) is 0 Å². The Morgan fingerprint density at radius 1 is 1.05 bits per heavy atom. The maximum absolute atomic E-state index is 5.98. The first kappa shape index (κ1) is 16.1. The molecule has 1 heterocycles. The van der Waals surface area contributed by atoms with Gasteiger partial charge in [-0.05, 0) is 42.8 Å². The van der Waals surface area contributed by atoms with E-state index in [1.165, 1.54) is 0 Å². The Balaban J connectivity index is 2.25. The molecule has 2 aromatic rings. The van der Waals surface area contributed by atoms with Crippen LogP contribution >= 0.6 is 23.2 Å². The third kappa shape index (κ3) is 4.88. The van der Waals surface area contributed by atoms with Gasteiger partial charge in [0, 0.05) is 28.4 Å². The van der Waals surface area contributed by atoms with Crippen molar-refractivity contribution in [2.75, 3.05) is 6.54 Å². The van der Waals surface area contributed by atoms with E-state index in [2.05, 4.69) is 30.2 Å². The topological polar surface area (TPSA) is 34.2 Å². The van der Waals surface area contributed by atoms with Crippen LogP contribution in [0.1, 0.15) is 25.1 Å². The highest BCUT2D eigenvalue weighted by Crippen LogP contribution is 2.28. The summed E-state index contributed by atoms with van der Waals surface area (Å²) in [5.74, 6) is 1.14. The van der Waals surface area contributed by atoms with Crippen molar-refractivity contribution in [1.29, 1.82) is 0 Å². The van der Waals surface area contributed by atoms with Crippen molar-refractivity contribution in [2.24, 2.45) is 0 Å². The van der Waals surface area contributed by atoms with Crippen LogP contribution in [0.4, 0.5) is 0 Å². The average molecular weight is 325 g/mol. The van der Waals surface area contributed by atoms with Crippen molar-refractivity contribution in [3.05, 3.63) is 51.6 Å². The predicted molar refractivity (Wildman–Crippen MR) is 87.5 cm³/mol. The van der Waals surface area contributed by atoms with Crippen LogP contribution in [0.5, 0.6) is 11.6 Å². The molecule has 0 radical (unpaired) electrons. The summed E-state index contributed by atoms with van der Waals surface area (Å²) < 4.78 is 5.80. The van der Waals surface area contributed by atoms with E-state index in [1.807, 2.05) is 6.07 Å². The quantitative estimate of drug-likeness (QED) is 0.824. The molecule has 0 atom stereocenters. The zero-order chi connectivity index (χ0) is 15.2. The monoisotopic (exact) mass is 324 g/mol. The van der Waals surface area contributed by atoms with Crippen LogP contribution < -0.4 is 10.1 Å². The number of halogens is 2. The van der Waals surface area contributed by atoms with E-state index in [0.717, 1.165) is 30.8 Å². The maximum atomic E-state index is 5.98. The fourth-order valence-corrected chi connectivity index (χ4v) is 2.44. The summed E-state index contributed by atoms with van der Waals surface area (Å²) in [6, 6.07) is 9.12. The Morgan fingerprint density at radius 3 is 2.38 bits per heavy atom. The summed E-state index contributed by atoms with van der Waals surface area (Å²) in [6.45, 7) is 5.86. The molecule has 0 aliphatic carbocycles. The minimum atomic E-state index is 0.539. The number of nitrogens with one attached hydrogen (secondary N) is 1. The number of ether oxygens (including phenoxy) is 1. The van der Waals surface area contributed by atoms with Gasteiger partial charge in [0.25, 0.3) is 0 Å². The van der Waals surface area contributed by atoms with Gasteiger partial charge in [0.05, 0.1) is 0 Å². The summed E-state index contributed by atoms with van der Waals surface area (Å²) in [5, 5.41) is 4.38. The summed E-state index contributed by atoms with van der Waals surface area (Å²) in [4.78, 5) is 4.48. The van der Waals surface area contributed by atoms with Crippen LogP contribution in [-0.2, 0) is 13.0 Å². The van der Waals surface area contributed by atoms with Crippen LogP contribution in [0.25, 0.3) is 0 Å². The maximum Gasteiger partial charge on any atom is 0.219 e. The summed E-state index contributed by atoms with van der Waals surface area (Å²) in [6.07, 6.45) is 0.854. The van der Waals surface area contributed by atoms with Gasteiger partial charge in [-0.2, -0.15) is 0 Å². The van der Waals surface area contributed by atoms with E-state index in [1.54, 1.807) is 18.2 Å². The highest BCUT2D eigenvalue weighted by Gasteiger charge is 2.06. The fourth-order valence-electron chi connectivity index (χ4n) is 1.93. The van der Waals surface area contributed by atoms with Gasteiger partial charge in [-0.25, -0.2) is 4.98 Å². The molecular formula is C16H18Cl2N2O. The molecule has 3 nitrogen and oxygen atoms in total. The van der Waals surface area contributed by atoms with Gasteiger partial charge < -0.3 is 10.1 Å². The molecule has 0 fully saturated rings. The molecule has 0 spiro atoms. The molecule has 112 valence electrons. The van der Waals surface area contributed by atoms with Crippen molar-refractivity contribution >= 4 is 23.2 Å². The Bertz CT molecular complexity index is 597. The molecule has 5 heteroatoms. The number of hydrogen-bond acceptors (Lipinski definition) is 3. The number of hydrogen-bond donors (Lipinski definition) is 1. The van der Waals surface area contributed by atoms with Crippen molar-refractivity contribution < 1.29 is 4.74 Å². The summed E-state index contributed by atoms with van der Waals surface area (Å²) >= 11 is 12.0. The standard InChI is InChI=1S/C16H18Cl2N2O/c1-3-14-5-11(10-19-4-2)6-16(20-14)21-15-8-12(17)7-13(18)9-15/h5-9,19H,3-4,10H2,1-2H3. The molecule has 0 unspecified atom stereocenters. The average Bonchev–Trinajstić information content (AvgIpc) is 2.43. The lowest BCUT2D eigenvalue weighted by Crippen LogP contribution is -2.12. The van der Waals surface area contributed by atoms with Crippen molar-refractivity contribution in [2.45, 2.75) is 26.8 Å². The van der Waals surface area contributed by atoms with Crippen LogP contribution in [0, 0.1) is 0 Å². The number of aromatic nitrogens is 1. The molecule has 1 aromatic carbocycles. The molecule has 0 aliphatic heterocycles. The van der Waals surface area contributed by atoms with E-state index in [4.69, 9.17) is 27.9 Å². The first-order valence-electron chi connectivity index (χ1n) is 6.95. The van der Waals surface area contributed by atoms with Crippen molar-refractivity contribution in [3.63, 3.8) is 0 Å². The highest BCUT2D eigenvalue weighted by molar-refractivity contribution is 6.34. The van der Waals surface area contributed by atoms with Gasteiger partial charge in [0.1, 0.15) is 5.75 Å². The van der Waals surface area contributed by atoms with Gasteiger partial charge in [-0.1, -0.05) is 37.0 Å². The lowest BCUT2D eigenvalue weighted by Gasteiger charge is -2.10. The van der Waals surface area contributed by atoms with E-state index >= 15 is 0 Å². The number of pyridine rings is 1. The third-order valence-electron chi connectivity index (χ3n) is 2.91. The second-order valence-electron chi connectivity index (χ2n) is 4.65. The van der Waals surface area contributed by atoms with Crippen LogP contribution in [0.3, 0.4) is 0 Å². The zero-order valence-electron chi connectivity index (χ0n) is 12.1. The summed E-state index contributed by atoms with van der Waals surface area (Å²) in [7, 11) is 0. The summed E-state index contributed by atoms with van der Waals surface area (Å²) in [5.41, 5.74) is 2.14. The van der Waals surface area contributed by atoms with E-state index < -0.39 is 0 Å². The molecule has 0 bridgehead atoms. The number of aryl methyl sites for hydroxylation is 1. The lowest BCUT2D eigenvalue weighted by molar-refractivity contribution is 0.459. The van der Waals surface area contributed by atoms with E-state index in [9.17, 15) is 0 Å². The van der Waals surface area contributed by atoms with Gasteiger partial charge in [-0.15, -0.1) is 0 Å². The van der Waals surface area contributed by atoms with Crippen LogP contribution in [0.15, 0.2) is 30.3 Å². The van der Waals surface area contributed by atoms with Crippen molar-refractivity contribution in [1.82, 2.24) is 10.3 Å². The smallest absolute Gasteiger partial charge is 0.219 e. The van der Waals surface area contributed by atoms with Crippen LogP contribution in [0.2, 0.25) is 10.0 Å². The molecule has 0 amide bonds. The Morgan fingerprint density at radius 2 is 1.76 bits per heavy atom. The Hall–Kier alpha value is -1.29. The second-order valence-corrected chi connectivity index (χ2v) is 5.52. The van der Waals surface area contributed by atoms with Gasteiger partial charge in [0.15, 0.2) is 0 Å². The molecule has 2 rings (SSSR count). The Labute approximate surface area is 135 Å². The SMILES string of the molecule is CCNCc1cc(CC)nc(Oc2cc(Cl)cc(Cl)c2)c1. The minimum Gasteiger partial charge on any atom is -0.439 e. The van der Waals surface area contributed by atoms with Crippen LogP contribution in [-0.4, -0.2) is 11.5 Å². The molecule has 0 saturated heterocycles. The fraction of sp³-hybridized carbons (Fsp3) is 0.312. The number of nitrogens with zero attached hydrogens (tertiary/aromatic N) is 1. The largest absolute Gasteiger partial charge is 0.439 e. The number of rotatable bonds is 6. The second kappa shape index (κ2) is 7.64. The molecular weight excluding hydrogens is 307 g/mol. The Kier molecular flexibility index (Phi) is 5.85. The highest BCUT2D eigenvalue weighted by atomic mass is 35.5. The van der Waals surface area contributed by atoms with Gasteiger partial charge >= 0.3 is 0 Å². The van der Waals surface area contributed by atoms with Crippen molar-refractivity contribution in [3.8, 4) is 11.6 Å². The zero-order valence-corrected chi connectivity index (χ0v) is 13.6. The number of benzene rings is 1. The predicted octanol–water partition coefficient (Wildman–Crippen LogP) is 4.85. The first-order valence-corrected chi connectivity index (χ1v) is 7.70. The third-order valence-corrected chi connectivity index (χ3v) is 3.35.